The second-order valence-corrected chi connectivity index (χ2v) is 4.06. The Balaban J connectivity index is 2.12. The van der Waals surface area contributed by atoms with Gasteiger partial charge in [-0.1, -0.05) is 0 Å². The van der Waals surface area contributed by atoms with Crippen LogP contribution in [0.25, 0.3) is 0 Å². The van der Waals surface area contributed by atoms with Crippen molar-refractivity contribution in [2.24, 2.45) is 7.05 Å². The molecule has 1 aromatic heterocycles. The van der Waals surface area contributed by atoms with E-state index in [0.29, 0.717) is 5.82 Å². The van der Waals surface area contributed by atoms with Gasteiger partial charge in [-0.05, 0) is 12.1 Å². The summed E-state index contributed by atoms with van der Waals surface area (Å²) in [6.07, 6.45) is 3.31. The summed E-state index contributed by atoms with van der Waals surface area (Å²) in [5.74, 6) is -0.873. The Hall–Kier alpha value is -2.77. The summed E-state index contributed by atoms with van der Waals surface area (Å²) in [6.45, 7) is 0.174. The van der Waals surface area contributed by atoms with Crippen molar-refractivity contribution in [3.8, 4) is 0 Å². The van der Waals surface area contributed by atoms with Crippen LogP contribution in [0.5, 0.6) is 0 Å². The van der Waals surface area contributed by atoms with Gasteiger partial charge in [0.1, 0.15) is 5.82 Å². The van der Waals surface area contributed by atoms with Crippen LogP contribution >= 0.6 is 0 Å². The molecule has 0 aliphatic heterocycles. The van der Waals surface area contributed by atoms with E-state index in [1.54, 1.807) is 24.0 Å². The number of nitrogens with one attached hydrogen (secondary N) is 1. The summed E-state index contributed by atoms with van der Waals surface area (Å²) in [6, 6.07) is 2.99. The van der Waals surface area contributed by atoms with E-state index in [1.807, 2.05) is 0 Å². The molecule has 0 radical (unpaired) electrons. The third kappa shape index (κ3) is 2.79. The molecule has 0 bridgehead atoms. The summed E-state index contributed by atoms with van der Waals surface area (Å²) in [7, 11) is 1.78. The molecule has 0 aliphatic carbocycles. The second kappa shape index (κ2) is 5.47. The average Bonchev–Trinajstić information content (AvgIpc) is 2.81. The lowest BCUT2D eigenvalue weighted by molar-refractivity contribution is -0.387. The molecule has 0 saturated carbocycles. The van der Waals surface area contributed by atoms with Crippen molar-refractivity contribution in [2.45, 2.75) is 6.54 Å². The third-order valence-electron chi connectivity index (χ3n) is 2.73. The maximum absolute atomic E-state index is 13.2. The minimum absolute atomic E-state index is 0.0207. The van der Waals surface area contributed by atoms with Crippen molar-refractivity contribution in [3.63, 3.8) is 0 Å². The van der Waals surface area contributed by atoms with E-state index in [-0.39, 0.29) is 12.1 Å². The van der Waals surface area contributed by atoms with Gasteiger partial charge in [0.15, 0.2) is 0 Å². The number of aromatic nitrogens is 2. The topological polar surface area (TPSA) is 90.1 Å². The van der Waals surface area contributed by atoms with E-state index >= 15 is 0 Å². The monoisotopic (exact) mass is 278 g/mol. The minimum atomic E-state index is -0.976. The maximum atomic E-state index is 13.2. The highest BCUT2D eigenvalue weighted by atomic mass is 19.1. The molecule has 0 spiro atoms. The average molecular weight is 278 g/mol. The number of amides is 1. The number of nitro groups is 1. The Morgan fingerprint density at radius 3 is 2.90 bits per heavy atom. The molecule has 2 rings (SSSR count). The van der Waals surface area contributed by atoms with Gasteiger partial charge < -0.3 is 9.88 Å². The number of benzene rings is 1. The minimum Gasteiger partial charge on any atom is -0.345 e. The fourth-order valence-electron chi connectivity index (χ4n) is 1.62. The van der Waals surface area contributed by atoms with Gasteiger partial charge in [0, 0.05) is 31.1 Å². The molecular weight excluding hydrogens is 267 g/mol. The van der Waals surface area contributed by atoms with E-state index in [1.165, 1.54) is 6.07 Å². The standard InChI is InChI=1S/C12H11FN4O3/c1-16-5-4-14-11(16)7-15-12(18)8-2-3-9(13)10(6-8)17(19)20/h2-6H,7H2,1H3,(H,15,18). The SMILES string of the molecule is Cn1ccnc1CNC(=O)c1ccc(F)c([N+](=O)[O-])c1. The van der Waals surface area contributed by atoms with Crippen LogP contribution in [0.4, 0.5) is 10.1 Å². The number of hydrogen-bond acceptors (Lipinski definition) is 4. The summed E-state index contributed by atoms with van der Waals surface area (Å²) < 4.78 is 14.9. The molecule has 0 fully saturated rings. The molecule has 7 nitrogen and oxygen atoms in total. The quantitative estimate of drug-likeness (QED) is 0.676. The van der Waals surface area contributed by atoms with Gasteiger partial charge in [0.2, 0.25) is 5.82 Å². The van der Waals surface area contributed by atoms with Crippen LogP contribution in [-0.2, 0) is 13.6 Å². The Bertz CT molecular complexity index is 668. The Kier molecular flexibility index (Phi) is 3.74. The molecule has 8 heteroatoms. The molecular formula is C12H11FN4O3. The summed E-state index contributed by atoms with van der Waals surface area (Å²) >= 11 is 0. The van der Waals surface area contributed by atoms with Gasteiger partial charge in [0.25, 0.3) is 5.91 Å². The number of halogens is 1. The Morgan fingerprint density at radius 1 is 1.55 bits per heavy atom. The number of rotatable bonds is 4. The summed E-state index contributed by atoms with van der Waals surface area (Å²) in [4.78, 5) is 25.6. The van der Waals surface area contributed by atoms with E-state index in [0.717, 1.165) is 12.1 Å². The van der Waals surface area contributed by atoms with Crippen molar-refractivity contribution < 1.29 is 14.1 Å². The molecule has 1 aromatic carbocycles. The molecule has 0 aliphatic rings. The summed E-state index contributed by atoms with van der Waals surface area (Å²) in [5, 5.41) is 13.2. The van der Waals surface area contributed by atoms with Crippen molar-refractivity contribution in [1.29, 1.82) is 0 Å². The predicted octanol–water partition coefficient (Wildman–Crippen LogP) is 1.40. The fraction of sp³-hybridized carbons (Fsp3) is 0.167. The molecule has 1 heterocycles. The molecule has 0 atom stereocenters. The van der Waals surface area contributed by atoms with E-state index in [9.17, 15) is 19.3 Å². The van der Waals surface area contributed by atoms with E-state index in [2.05, 4.69) is 10.3 Å². The molecule has 1 amide bonds. The predicted molar refractivity (Wildman–Crippen MR) is 67.4 cm³/mol. The third-order valence-corrected chi connectivity index (χ3v) is 2.73. The highest BCUT2D eigenvalue weighted by molar-refractivity contribution is 5.94. The number of aryl methyl sites for hydroxylation is 1. The number of hydrogen-bond donors (Lipinski definition) is 1. The molecule has 20 heavy (non-hydrogen) atoms. The van der Waals surface area contributed by atoms with Crippen LogP contribution in [-0.4, -0.2) is 20.4 Å². The molecule has 0 unspecified atom stereocenters. The fourth-order valence-corrected chi connectivity index (χ4v) is 1.62. The van der Waals surface area contributed by atoms with E-state index < -0.39 is 22.3 Å². The van der Waals surface area contributed by atoms with Crippen LogP contribution in [0.1, 0.15) is 16.2 Å². The van der Waals surface area contributed by atoms with Gasteiger partial charge in [-0.25, -0.2) is 4.98 Å². The first-order valence-corrected chi connectivity index (χ1v) is 5.67. The zero-order chi connectivity index (χ0) is 14.7. The van der Waals surface area contributed by atoms with Crippen molar-refractivity contribution in [3.05, 3.63) is 57.9 Å². The normalized spacial score (nSPS) is 10.3. The summed E-state index contributed by atoms with van der Waals surface area (Å²) in [5.41, 5.74) is -0.707. The molecule has 104 valence electrons. The second-order valence-electron chi connectivity index (χ2n) is 4.06. The number of imidazole rings is 1. The van der Waals surface area contributed by atoms with Crippen LogP contribution in [0.2, 0.25) is 0 Å². The number of carbonyl (C=O) groups is 1. The van der Waals surface area contributed by atoms with Crippen LogP contribution in [0.15, 0.2) is 30.6 Å². The lowest BCUT2D eigenvalue weighted by atomic mass is 10.2. The van der Waals surface area contributed by atoms with Gasteiger partial charge >= 0.3 is 5.69 Å². The van der Waals surface area contributed by atoms with Crippen LogP contribution in [0, 0.1) is 15.9 Å². The van der Waals surface area contributed by atoms with Gasteiger partial charge in [-0.15, -0.1) is 0 Å². The first kappa shape index (κ1) is 13.7. The Labute approximate surface area is 113 Å². The molecule has 2 aromatic rings. The van der Waals surface area contributed by atoms with E-state index in [4.69, 9.17) is 0 Å². The van der Waals surface area contributed by atoms with Crippen molar-refractivity contribution in [2.75, 3.05) is 0 Å². The Morgan fingerprint density at radius 2 is 2.30 bits per heavy atom. The van der Waals surface area contributed by atoms with Crippen LogP contribution < -0.4 is 5.32 Å². The highest BCUT2D eigenvalue weighted by Crippen LogP contribution is 2.18. The highest BCUT2D eigenvalue weighted by Gasteiger charge is 2.17. The zero-order valence-corrected chi connectivity index (χ0v) is 10.5. The molecule has 0 saturated heterocycles. The maximum Gasteiger partial charge on any atom is 0.305 e. The first-order valence-electron chi connectivity index (χ1n) is 5.67. The van der Waals surface area contributed by atoms with Crippen molar-refractivity contribution >= 4 is 11.6 Å². The lowest BCUT2D eigenvalue weighted by Gasteiger charge is -2.05. The van der Waals surface area contributed by atoms with Gasteiger partial charge in [0.05, 0.1) is 11.5 Å². The van der Waals surface area contributed by atoms with Crippen LogP contribution in [0.3, 0.4) is 0 Å². The van der Waals surface area contributed by atoms with Crippen molar-refractivity contribution in [1.82, 2.24) is 14.9 Å². The largest absolute Gasteiger partial charge is 0.345 e. The number of carbonyl (C=O) groups excluding carboxylic acids is 1. The van der Waals surface area contributed by atoms with Gasteiger partial charge in [-0.3, -0.25) is 14.9 Å². The smallest absolute Gasteiger partial charge is 0.305 e. The number of nitro benzene ring substituents is 1. The molecule has 1 N–H and O–H groups in total. The first-order chi connectivity index (χ1) is 9.49. The number of nitrogens with zero attached hydrogens (tertiary/aromatic N) is 3. The lowest BCUT2D eigenvalue weighted by Crippen LogP contribution is -2.24. The zero-order valence-electron chi connectivity index (χ0n) is 10.5. The van der Waals surface area contributed by atoms with Gasteiger partial charge in [-0.2, -0.15) is 4.39 Å².